The fourth-order valence-corrected chi connectivity index (χ4v) is 2.91. The highest BCUT2D eigenvalue weighted by molar-refractivity contribution is 8.00. The third-order valence-electron chi connectivity index (χ3n) is 2.13. The largest absolute Gasteiger partial charge is 0.329 e. The number of fused-ring (bicyclic) bond motifs is 1. The highest BCUT2D eigenvalue weighted by Crippen LogP contribution is 2.39. The summed E-state index contributed by atoms with van der Waals surface area (Å²) in [6, 6.07) is 0. The predicted molar refractivity (Wildman–Crippen MR) is 44.4 cm³/mol. The van der Waals surface area contributed by atoms with Crippen LogP contribution in [0.4, 0.5) is 0 Å². The Bertz CT molecular complexity index is 259. The summed E-state index contributed by atoms with van der Waals surface area (Å²) in [5, 5.41) is 9.40. The van der Waals surface area contributed by atoms with Crippen molar-refractivity contribution >= 4 is 17.7 Å². The normalized spacial score (nSPS) is 31.1. The molecule has 0 aromatic rings. The summed E-state index contributed by atoms with van der Waals surface area (Å²) in [4.78, 5) is 26.8. The summed E-state index contributed by atoms with van der Waals surface area (Å²) in [5.74, 6) is 0.140. The van der Waals surface area contributed by atoms with Gasteiger partial charge in [-0.1, -0.05) is 0 Å². The molecular formula is C6H8N2O4S. The zero-order valence-electron chi connectivity index (χ0n) is 6.71. The molecule has 13 heavy (non-hydrogen) atoms. The van der Waals surface area contributed by atoms with E-state index in [-0.39, 0.29) is 23.1 Å². The Morgan fingerprint density at radius 2 is 2.54 bits per heavy atom. The lowest BCUT2D eigenvalue weighted by atomic mass is 10.2. The highest BCUT2D eigenvalue weighted by Gasteiger charge is 2.44. The van der Waals surface area contributed by atoms with E-state index in [1.807, 2.05) is 0 Å². The smallest absolute Gasteiger partial charge is 0.294 e. The Balaban J connectivity index is 1.78. The van der Waals surface area contributed by atoms with Crippen molar-refractivity contribution in [2.24, 2.45) is 0 Å². The summed E-state index contributed by atoms with van der Waals surface area (Å²) in [6.07, 6.45) is 0.569. The fraction of sp³-hybridized carbons (Fsp3) is 0.833. The van der Waals surface area contributed by atoms with Crippen LogP contribution in [0.1, 0.15) is 6.42 Å². The Labute approximate surface area is 78.3 Å². The minimum atomic E-state index is -0.794. The third kappa shape index (κ3) is 1.55. The van der Waals surface area contributed by atoms with Gasteiger partial charge in [0.2, 0.25) is 5.91 Å². The first-order valence-electron chi connectivity index (χ1n) is 3.89. The van der Waals surface area contributed by atoms with Crippen molar-refractivity contribution in [3.05, 3.63) is 10.1 Å². The topological polar surface area (TPSA) is 72.7 Å². The van der Waals surface area contributed by atoms with Crippen molar-refractivity contribution in [3.8, 4) is 0 Å². The molecule has 2 fully saturated rings. The van der Waals surface area contributed by atoms with E-state index >= 15 is 0 Å². The highest BCUT2D eigenvalue weighted by atomic mass is 32.2. The first-order valence-corrected chi connectivity index (χ1v) is 4.83. The van der Waals surface area contributed by atoms with Crippen LogP contribution in [0.5, 0.6) is 0 Å². The van der Waals surface area contributed by atoms with E-state index in [0.29, 0.717) is 13.0 Å². The summed E-state index contributed by atoms with van der Waals surface area (Å²) in [5.41, 5.74) is 0. The van der Waals surface area contributed by atoms with Gasteiger partial charge in [-0.05, 0) is 0 Å². The number of β-lactam (4-membered cyclic amide) rings is 1. The van der Waals surface area contributed by atoms with Crippen LogP contribution in [-0.4, -0.2) is 39.7 Å². The number of carbonyl (C=O) groups is 1. The monoisotopic (exact) mass is 204 g/mol. The van der Waals surface area contributed by atoms with Crippen molar-refractivity contribution in [2.45, 2.75) is 17.0 Å². The summed E-state index contributed by atoms with van der Waals surface area (Å²) < 4.78 is 0. The molecule has 2 aliphatic heterocycles. The van der Waals surface area contributed by atoms with Crippen LogP contribution in [0.2, 0.25) is 0 Å². The van der Waals surface area contributed by atoms with Crippen LogP contribution < -0.4 is 0 Å². The van der Waals surface area contributed by atoms with E-state index in [1.165, 1.54) is 0 Å². The van der Waals surface area contributed by atoms with Crippen molar-refractivity contribution < 1.29 is 14.7 Å². The number of amides is 1. The molecule has 6 nitrogen and oxygen atoms in total. The standard InChI is InChI=1S/C6H8N2O4S/c9-5-1-6-7(5)2-4(13-6)3-12-8(10)11/h4,6H,1-3H2/t4-,6+/m1/s1. The average Bonchev–Trinajstić information content (AvgIpc) is 2.39. The molecular weight excluding hydrogens is 196 g/mol. The first-order chi connectivity index (χ1) is 6.16. The maximum Gasteiger partial charge on any atom is 0.294 e. The maximum absolute atomic E-state index is 10.9. The Morgan fingerprint density at radius 1 is 1.77 bits per heavy atom. The van der Waals surface area contributed by atoms with Gasteiger partial charge in [0.15, 0.2) is 0 Å². The molecule has 2 heterocycles. The molecule has 0 bridgehead atoms. The maximum atomic E-state index is 10.9. The van der Waals surface area contributed by atoms with Crippen LogP contribution in [0.15, 0.2) is 0 Å². The van der Waals surface area contributed by atoms with E-state index in [9.17, 15) is 14.9 Å². The van der Waals surface area contributed by atoms with E-state index in [2.05, 4.69) is 4.84 Å². The number of hydrogen-bond acceptors (Lipinski definition) is 5. The lowest BCUT2D eigenvalue weighted by Gasteiger charge is -2.32. The fourth-order valence-electron chi connectivity index (χ4n) is 1.49. The van der Waals surface area contributed by atoms with Gasteiger partial charge in [0.05, 0.1) is 11.8 Å². The SMILES string of the molecule is O=C1C[C@@H]2S[C@@H](CO[N+](=O)[O-])CN12. The number of rotatable bonds is 3. The first kappa shape index (κ1) is 8.61. The number of thioether (sulfide) groups is 1. The van der Waals surface area contributed by atoms with Crippen molar-refractivity contribution in [1.82, 2.24) is 4.90 Å². The van der Waals surface area contributed by atoms with Gasteiger partial charge in [0, 0.05) is 11.8 Å². The number of hydrogen-bond donors (Lipinski definition) is 0. The molecule has 0 spiro atoms. The quantitative estimate of drug-likeness (QED) is 0.363. The minimum absolute atomic E-state index is 0.0573. The lowest BCUT2D eigenvalue weighted by molar-refractivity contribution is -0.757. The minimum Gasteiger partial charge on any atom is -0.329 e. The van der Waals surface area contributed by atoms with Crippen molar-refractivity contribution in [1.29, 1.82) is 0 Å². The van der Waals surface area contributed by atoms with Gasteiger partial charge in [0.1, 0.15) is 6.61 Å². The second-order valence-corrected chi connectivity index (χ2v) is 4.47. The van der Waals surface area contributed by atoms with Gasteiger partial charge in [-0.15, -0.1) is 21.9 Å². The molecule has 0 N–H and O–H groups in total. The van der Waals surface area contributed by atoms with Gasteiger partial charge >= 0.3 is 0 Å². The summed E-state index contributed by atoms with van der Waals surface area (Å²) >= 11 is 1.58. The number of carbonyl (C=O) groups excluding carboxylic acids is 1. The molecule has 7 heteroatoms. The summed E-state index contributed by atoms with van der Waals surface area (Å²) in [6.45, 7) is 0.667. The van der Waals surface area contributed by atoms with Crippen LogP contribution in [0.25, 0.3) is 0 Å². The molecule has 2 rings (SSSR count). The average molecular weight is 204 g/mol. The summed E-state index contributed by atoms with van der Waals surface area (Å²) in [7, 11) is 0. The van der Waals surface area contributed by atoms with E-state index in [4.69, 9.17) is 0 Å². The Morgan fingerprint density at radius 3 is 3.08 bits per heavy atom. The van der Waals surface area contributed by atoms with Crippen LogP contribution in [0.3, 0.4) is 0 Å². The van der Waals surface area contributed by atoms with Crippen LogP contribution in [0, 0.1) is 10.1 Å². The Hall–Kier alpha value is -0.980. The molecule has 0 radical (unpaired) electrons. The zero-order valence-corrected chi connectivity index (χ0v) is 7.53. The van der Waals surface area contributed by atoms with Gasteiger partial charge in [-0.3, -0.25) is 4.79 Å². The molecule has 1 amide bonds. The molecule has 0 unspecified atom stereocenters. The third-order valence-corrected chi connectivity index (χ3v) is 3.54. The molecule has 0 aromatic heterocycles. The molecule has 72 valence electrons. The van der Waals surface area contributed by atoms with Crippen molar-refractivity contribution in [3.63, 3.8) is 0 Å². The molecule has 2 saturated heterocycles. The molecule has 0 aromatic carbocycles. The molecule has 0 saturated carbocycles. The van der Waals surface area contributed by atoms with Gasteiger partial charge < -0.3 is 9.74 Å². The predicted octanol–water partition coefficient (Wildman–Crippen LogP) is -0.131. The molecule has 2 aliphatic rings. The van der Waals surface area contributed by atoms with E-state index in [1.54, 1.807) is 16.7 Å². The van der Waals surface area contributed by atoms with Crippen LogP contribution in [-0.2, 0) is 9.63 Å². The van der Waals surface area contributed by atoms with Gasteiger partial charge in [0.25, 0.3) is 5.09 Å². The second kappa shape index (κ2) is 3.06. The van der Waals surface area contributed by atoms with Gasteiger partial charge in [-0.25, -0.2) is 0 Å². The van der Waals surface area contributed by atoms with Crippen LogP contribution >= 0.6 is 11.8 Å². The molecule has 2 atom stereocenters. The van der Waals surface area contributed by atoms with Gasteiger partial charge in [-0.2, -0.15) is 0 Å². The second-order valence-electron chi connectivity index (χ2n) is 2.98. The van der Waals surface area contributed by atoms with E-state index in [0.717, 1.165) is 0 Å². The molecule has 0 aliphatic carbocycles. The van der Waals surface area contributed by atoms with Crippen molar-refractivity contribution in [2.75, 3.05) is 13.2 Å². The number of nitrogens with zero attached hydrogens (tertiary/aromatic N) is 2. The lowest BCUT2D eigenvalue weighted by Crippen LogP contribution is -2.47. The zero-order chi connectivity index (χ0) is 9.42. The van der Waals surface area contributed by atoms with E-state index < -0.39 is 5.09 Å². The Kier molecular flexibility index (Phi) is 2.03.